The third kappa shape index (κ3) is 2.36. The average Bonchev–Trinajstić information content (AvgIpc) is 2.81. The van der Waals surface area contributed by atoms with E-state index in [1.165, 1.54) is 11.3 Å². The molecule has 1 aromatic heterocycles. The van der Waals surface area contributed by atoms with Crippen molar-refractivity contribution in [3.8, 4) is 21.9 Å². The standard InChI is InChI=1S/C12H7BrClNO4S/c13-12-15-8(11(16)17)10(20-12)5-3-6(14)9-7(4-5)18-1-2-19-9/h3-4H,1-2H2,(H,16,17). The number of carboxylic acids is 1. The molecule has 5 nitrogen and oxygen atoms in total. The summed E-state index contributed by atoms with van der Waals surface area (Å²) in [5, 5.41) is 9.57. The van der Waals surface area contributed by atoms with Gasteiger partial charge in [0.2, 0.25) is 0 Å². The molecule has 0 fully saturated rings. The number of carbonyl (C=O) groups is 1. The third-order valence-corrected chi connectivity index (χ3v) is 4.50. The molecule has 3 rings (SSSR count). The Balaban J connectivity index is 2.16. The summed E-state index contributed by atoms with van der Waals surface area (Å²) in [5.74, 6) is -0.0882. The Hall–Kier alpha value is -1.31. The van der Waals surface area contributed by atoms with Crippen LogP contribution in [0.3, 0.4) is 0 Å². The van der Waals surface area contributed by atoms with Crippen LogP contribution in [0, 0.1) is 0 Å². The number of benzene rings is 1. The molecule has 1 N–H and O–H groups in total. The van der Waals surface area contributed by atoms with E-state index in [1.807, 2.05) is 0 Å². The van der Waals surface area contributed by atoms with Crippen LogP contribution in [-0.2, 0) is 0 Å². The lowest BCUT2D eigenvalue weighted by molar-refractivity contribution is 0.0692. The van der Waals surface area contributed by atoms with Crippen molar-refractivity contribution in [2.75, 3.05) is 13.2 Å². The molecule has 0 saturated heterocycles. The number of halogens is 2. The number of aromatic carboxylic acids is 1. The molecule has 0 spiro atoms. The molecule has 0 saturated carbocycles. The van der Waals surface area contributed by atoms with E-state index in [-0.39, 0.29) is 5.69 Å². The molecule has 0 aliphatic carbocycles. The molecule has 0 bridgehead atoms. The first-order valence-electron chi connectivity index (χ1n) is 5.55. The van der Waals surface area contributed by atoms with E-state index < -0.39 is 5.97 Å². The van der Waals surface area contributed by atoms with Gasteiger partial charge in [0.15, 0.2) is 21.1 Å². The van der Waals surface area contributed by atoms with Gasteiger partial charge in [-0.1, -0.05) is 11.6 Å². The zero-order valence-corrected chi connectivity index (χ0v) is 13.0. The first-order chi connectivity index (χ1) is 9.56. The quantitative estimate of drug-likeness (QED) is 0.865. The van der Waals surface area contributed by atoms with Crippen molar-refractivity contribution in [1.82, 2.24) is 4.98 Å². The lowest BCUT2D eigenvalue weighted by atomic mass is 10.1. The Morgan fingerprint density at radius 1 is 1.40 bits per heavy atom. The number of thiazole rings is 1. The lowest BCUT2D eigenvalue weighted by Gasteiger charge is -2.20. The molecule has 20 heavy (non-hydrogen) atoms. The van der Waals surface area contributed by atoms with Crippen molar-refractivity contribution >= 4 is 44.8 Å². The molecular weight excluding hydrogens is 370 g/mol. The Kier molecular flexibility index (Phi) is 3.57. The SMILES string of the molecule is O=C(O)c1nc(Br)sc1-c1cc(Cl)c2c(c1)OCCO2. The Labute approximate surface area is 131 Å². The number of nitrogens with zero attached hydrogens (tertiary/aromatic N) is 1. The normalized spacial score (nSPS) is 13.3. The van der Waals surface area contributed by atoms with Gasteiger partial charge in [0.05, 0.1) is 9.90 Å². The number of aromatic nitrogens is 1. The molecule has 104 valence electrons. The first-order valence-corrected chi connectivity index (χ1v) is 7.54. The number of hydrogen-bond donors (Lipinski definition) is 1. The maximum absolute atomic E-state index is 11.2. The summed E-state index contributed by atoms with van der Waals surface area (Å²) in [6.45, 7) is 0.878. The minimum atomic E-state index is -1.09. The minimum absolute atomic E-state index is 0.0189. The van der Waals surface area contributed by atoms with Crippen LogP contribution >= 0.6 is 38.9 Å². The zero-order chi connectivity index (χ0) is 14.3. The first kappa shape index (κ1) is 13.7. The summed E-state index contributed by atoms with van der Waals surface area (Å²) in [4.78, 5) is 15.7. The summed E-state index contributed by atoms with van der Waals surface area (Å²) >= 11 is 10.6. The monoisotopic (exact) mass is 375 g/mol. The molecule has 1 aliphatic heterocycles. The Morgan fingerprint density at radius 2 is 2.15 bits per heavy atom. The van der Waals surface area contributed by atoms with Gasteiger partial charge in [-0.25, -0.2) is 9.78 Å². The van der Waals surface area contributed by atoms with Crippen molar-refractivity contribution in [3.63, 3.8) is 0 Å². The van der Waals surface area contributed by atoms with Gasteiger partial charge < -0.3 is 14.6 Å². The molecular formula is C12H7BrClNO4S. The van der Waals surface area contributed by atoms with Gasteiger partial charge in [0.1, 0.15) is 13.2 Å². The fourth-order valence-electron chi connectivity index (χ4n) is 1.88. The highest BCUT2D eigenvalue weighted by Gasteiger charge is 2.22. The second-order valence-corrected chi connectivity index (χ2v) is 6.61. The van der Waals surface area contributed by atoms with Crippen molar-refractivity contribution < 1.29 is 19.4 Å². The second kappa shape index (κ2) is 5.23. The summed E-state index contributed by atoms with van der Waals surface area (Å²) in [5.41, 5.74) is 0.620. The fraction of sp³-hybridized carbons (Fsp3) is 0.167. The summed E-state index contributed by atoms with van der Waals surface area (Å²) < 4.78 is 11.4. The van der Waals surface area contributed by atoms with E-state index in [0.717, 1.165) is 0 Å². The molecule has 8 heteroatoms. The number of ether oxygens (including phenoxy) is 2. The molecule has 2 aromatic rings. The zero-order valence-electron chi connectivity index (χ0n) is 9.85. The van der Waals surface area contributed by atoms with Gasteiger partial charge in [0, 0.05) is 0 Å². The van der Waals surface area contributed by atoms with Gasteiger partial charge in [-0.2, -0.15) is 0 Å². The molecule has 1 aromatic carbocycles. The van der Waals surface area contributed by atoms with E-state index in [4.69, 9.17) is 21.1 Å². The van der Waals surface area contributed by atoms with Crippen molar-refractivity contribution in [2.45, 2.75) is 0 Å². The van der Waals surface area contributed by atoms with Crippen LogP contribution in [0.4, 0.5) is 0 Å². The molecule has 1 aliphatic rings. The number of carboxylic acid groups (broad SMARTS) is 1. The largest absolute Gasteiger partial charge is 0.486 e. The van der Waals surface area contributed by atoms with E-state index in [1.54, 1.807) is 12.1 Å². The van der Waals surface area contributed by atoms with Gasteiger partial charge in [-0.15, -0.1) is 11.3 Å². The van der Waals surface area contributed by atoms with Gasteiger partial charge in [-0.05, 0) is 33.6 Å². The highest BCUT2D eigenvalue weighted by atomic mass is 79.9. The average molecular weight is 377 g/mol. The van der Waals surface area contributed by atoms with Crippen molar-refractivity contribution in [3.05, 3.63) is 26.8 Å². The second-order valence-electron chi connectivity index (χ2n) is 3.93. The number of fused-ring (bicyclic) bond motifs is 1. The van der Waals surface area contributed by atoms with Gasteiger partial charge in [0.25, 0.3) is 0 Å². The molecule has 0 unspecified atom stereocenters. The molecule has 0 atom stereocenters. The molecule has 0 radical (unpaired) electrons. The lowest BCUT2D eigenvalue weighted by Crippen LogP contribution is -2.15. The van der Waals surface area contributed by atoms with E-state index in [0.29, 0.717) is 44.1 Å². The Morgan fingerprint density at radius 3 is 2.90 bits per heavy atom. The van der Waals surface area contributed by atoms with Crippen LogP contribution < -0.4 is 9.47 Å². The van der Waals surface area contributed by atoms with Crippen LogP contribution in [-0.4, -0.2) is 29.3 Å². The van der Waals surface area contributed by atoms with Crippen LogP contribution in [0.25, 0.3) is 10.4 Å². The minimum Gasteiger partial charge on any atom is -0.486 e. The van der Waals surface area contributed by atoms with Crippen molar-refractivity contribution in [2.24, 2.45) is 0 Å². The summed E-state index contributed by atoms with van der Waals surface area (Å²) in [7, 11) is 0. The summed E-state index contributed by atoms with van der Waals surface area (Å²) in [6.07, 6.45) is 0. The Bertz CT molecular complexity index is 703. The highest BCUT2D eigenvalue weighted by molar-refractivity contribution is 9.11. The van der Waals surface area contributed by atoms with Gasteiger partial charge >= 0.3 is 5.97 Å². The van der Waals surface area contributed by atoms with Crippen molar-refractivity contribution in [1.29, 1.82) is 0 Å². The van der Waals surface area contributed by atoms with E-state index >= 15 is 0 Å². The maximum atomic E-state index is 11.2. The van der Waals surface area contributed by atoms with E-state index in [2.05, 4.69) is 20.9 Å². The fourth-order valence-corrected chi connectivity index (χ4v) is 3.58. The van der Waals surface area contributed by atoms with Crippen LogP contribution in [0.1, 0.15) is 10.5 Å². The number of rotatable bonds is 2. The topological polar surface area (TPSA) is 68.7 Å². The summed E-state index contributed by atoms with van der Waals surface area (Å²) in [6, 6.07) is 3.37. The van der Waals surface area contributed by atoms with Crippen LogP contribution in [0.15, 0.2) is 16.0 Å². The van der Waals surface area contributed by atoms with Crippen LogP contribution in [0.2, 0.25) is 5.02 Å². The van der Waals surface area contributed by atoms with Crippen LogP contribution in [0.5, 0.6) is 11.5 Å². The highest BCUT2D eigenvalue weighted by Crippen LogP contribution is 2.43. The van der Waals surface area contributed by atoms with E-state index in [9.17, 15) is 9.90 Å². The number of hydrogen-bond acceptors (Lipinski definition) is 5. The smallest absolute Gasteiger partial charge is 0.356 e. The predicted octanol–water partition coefficient (Wildman–Crippen LogP) is 3.70. The molecule has 0 amide bonds. The molecule has 2 heterocycles. The third-order valence-electron chi connectivity index (χ3n) is 2.66. The van der Waals surface area contributed by atoms with Gasteiger partial charge in [-0.3, -0.25) is 0 Å². The predicted molar refractivity (Wildman–Crippen MR) is 78.2 cm³/mol. The maximum Gasteiger partial charge on any atom is 0.356 e.